The second kappa shape index (κ2) is 6.69. The van der Waals surface area contributed by atoms with Crippen molar-refractivity contribution < 1.29 is 18.0 Å². The van der Waals surface area contributed by atoms with Crippen LogP contribution in [0.2, 0.25) is 0 Å². The topological polar surface area (TPSA) is 41.1 Å². The molecule has 1 amide bonds. The monoisotopic (exact) mass is 314 g/mol. The minimum absolute atomic E-state index is 0.0990. The SMILES string of the molecule is CCC1NCC(c2ccc(C)cc2)CC1NC(=O)C(F)(F)F. The van der Waals surface area contributed by atoms with Crippen molar-refractivity contribution in [1.29, 1.82) is 0 Å². The van der Waals surface area contributed by atoms with Gasteiger partial charge in [-0.05, 0) is 31.2 Å². The fraction of sp³-hybridized carbons (Fsp3) is 0.562. The van der Waals surface area contributed by atoms with E-state index in [9.17, 15) is 18.0 Å². The van der Waals surface area contributed by atoms with Crippen LogP contribution in [0.3, 0.4) is 0 Å². The molecule has 1 aliphatic heterocycles. The Bertz CT molecular complexity index is 513. The minimum atomic E-state index is -4.84. The van der Waals surface area contributed by atoms with Crippen LogP contribution in [-0.2, 0) is 4.79 Å². The zero-order valence-corrected chi connectivity index (χ0v) is 12.7. The first kappa shape index (κ1) is 16.8. The lowest BCUT2D eigenvalue weighted by atomic mass is 9.84. The third kappa shape index (κ3) is 4.00. The second-order valence-corrected chi connectivity index (χ2v) is 5.84. The number of rotatable bonds is 3. The van der Waals surface area contributed by atoms with E-state index in [4.69, 9.17) is 0 Å². The summed E-state index contributed by atoms with van der Waals surface area (Å²) in [5.41, 5.74) is 2.22. The summed E-state index contributed by atoms with van der Waals surface area (Å²) in [6.07, 6.45) is -3.66. The van der Waals surface area contributed by atoms with Gasteiger partial charge in [0, 0.05) is 18.6 Å². The number of carbonyl (C=O) groups is 1. The molecule has 1 aromatic carbocycles. The van der Waals surface area contributed by atoms with E-state index in [1.165, 1.54) is 0 Å². The molecule has 122 valence electrons. The lowest BCUT2D eigenvalue weighted by Gasteiger charge is -2.37. The molecule has 0 radical (unpaired) electrons. The van der Waals surface area contributed by atoms with Crippen molar-refractivity contribution in [2.24, 2.45) is 0 Å². The Balaban J connectivity index is 2.09. The molecule has 0 bridgehead atoms. The third-order valence-electron chi connectivity index (χ3n) is 4.21. The van der Waals surface area contributed by atoms with Gasteiger partial charge in [0.2, 0.25) is 0 Å². The van der Waals surface area contributed by atoms with Crippen molar-refractivity contribution in [2.75, 3.05) is 6.54 Å². The summed E-state index contributed by atoms with van der Waals surface area (Å²) in [5, 5.41) is 5.40. The highest BCUT2D eigenvalue weighted by Crippen LogP contribution is 2.27. The van der Waals surface area contributed by atoms with Gasteiger partial charge in [0.05, 0.1) is 0 Å². The first-order valence-corrected chi connectivity index (χ1v) is 7.49. The predicted octanol–water partition coefficient (Wildman–Crippen LogP) is 2.90. The average Bonchev–Trinajstić information content (AvgIpc) is 2.47. The number of piperidine rings is 1. The van der Waals surface area contributed by atoms with E-state index in [0.29, 0.717) is 19.4 Å². The van der Waals surface area contributed by atoms with E-state index in [1.54, 1.807) is 0 Å². The number of benzene rings is 1. The van der Waals surface area contributed by atoms with Gasteiger partial charge in [-0.15, -0.1) is 0 Å². The Labute approximate surface area is 128 Å². The van der Waals surface area contributed by atoms with E-state index < -0.39 is 18.1 Å². The molecule has 2 rings (SSSR count). The number of nitrogens with one attached hydrogen (secondary N) is 2. The quantitative estimate of drug-likeness (QED) is 0.901. The van der Waals surface area contributed by atoms with Gasteiger partial charge in [0.1, 0.15) is 0 Å². The highest BCUT2D eigenvalue weighted by atomic mass is 19.4. The van der Waals surface area contributed by atoms with Gasteiger partial charge in [-0.2, -0.15) is 13.2 Å². The smallest absolute Gasteiger partial charge is 0.344 e. The molecule has 2 N–H and O–H groups in total. The lowest BCUT2D eigenvalue weighted by molar-refractivity contribution is -0.174. The standard InChI is InChI=1S/C16H21F3N2O/c1-3-13-14(21-15(22)16(17,18)19)8-12(9-20-13)11-6-4-10(2)5-7-11/h4-7,12-14,20H,3,8-9H2,1-2H3,(H,21,22). The molecule has 1 fully saturated rings. The molecule has 1 heterocycles. The molecular formula is C16H21F3N2O. The van der Waals surface area contributed by atoms with Crippen molar-refractivity contribution in [3.05, 3.63) is 35.4 Å². The van der Waals surface area contributed by atoms with Gasteiger partial charge in [0.15, 0.2) is 0 Å². The summed E-state index contributed by atoms with van der Waals surface area (Å²) in [7, 11) is 0. The molecule has 1 saturated heterocycles. The van der Waals surface area contributed by atoms with Gasteiger partial charge in [-0.3, -0.25) is 4.79 Å². The fourth-order valence-corrected chi connectivity index (χ4v) is 2.92. The van der Waals surface area contributed by atoms with Crippen molar-refractivity contribution in [3.8, 4) is 0 Å². The normalized spacial score (nSPS) is 25.8. The minimum Gasteiger partial charge on any atom is -0.344 e. The molecule has 6 heteroatoms. The number of amides is 1. The Morgan fingerprint density at radius 1 is 1.32 bits per heavy atom. The van der Waals surface area contributed by atoms with Crippen molar-refractivity contribution >= 4 is 5.91 Å². The molecule has 0 spiro atoms. The second-order valence-electron chi connectivity index (χ2n) is 5.84. The summed E-state index contributed by atoms with van der Waals surface area (Å²) in [4.78, 5) is 11.2. The summed E-state index contributed by atoms with van der Waals surface area (Å²) in [6.45, 7) is 4.60. The van der Waals surface area contributed by atoms with Crippen LogP contribution in [-0.4, -0.2) is 30.7 Å². The number of halogens is 3. The highest BCUT2D eigenvalue weighted by Gasteiger charge is 2.41. The molecule has 0 aromatic heterocycles. The maximum Gasteiger partial charge on any atom is 0.471 e. The number of alkyl halides is 3. The van der Waals surface area contributed by atoms with Crippen molar-refractivity contribution in [3.63, 3.8) is 0 Å². The molecule has 3 nitrogen and oxygen atoms in total. The Hall–Kier alpha value is -1.56. The largest absolute Gasteiger partial charge is 0.471 e. The molecule has 1 aromatic rings. The zero-order valence-electron chi connectivity index (χ0n) is 12.7. The van der Waals surface area contributed by atoms with E-state index in [0.717, 1.165) is 11.1 Å². The maximum atomic E-state index is 12.5. The summed E-state index contributed by atoms with van der Waals surface area (Å²) >= 11 is 0. The van der Waals surface area contributed by atoms with Gasteiger partial charge in [-0.1, -0.05) is 36.8 Å². The lowest BCUT2D eigenvalue weighted by Crippen LogP contribution is -2.57. The van der Waals surface area contributed by atoms with Crippen LogP contribution < -0.4 is 10.6 Å². The number of carbonyl (C=O) groups excluding carboxylic acids is 1. The first-order valence-electron chi connectivity index (χ1n) is 7.49. The number of hydrogen-bond donors (Lipinski definition) is 2. The van der Waals surface area contributed by atoms with Gasteiger partial charge in [-0.25, -0.2) is 0 Å². The van der Waals surface area contributed by atoms with Crippen LogP contribution in [0.5, 0.6) is 0 Å². The van der Waals surface area contributed by atoms with Gasteiger partial charge in [0.25, 0.3) is 0 Å². The van der Waals surface area contributed by atoms with E-state index in [2.05, 4.69) is 10.6 Å². The third-order valence-corrected chi connectivity index (χ3v) is 4.21. The Morgan fingerprint density at radius 3 is 2.50 bits per heavy atom. The van der Waals surface area contributed by atoms with Crippen LogP contribution in [0.15, 0.2) is 24.3 Å². The van der Waals surface area contributed by atoms with E-state index in [1.807, 2.05) is 38.1 Å². The van der Waals surface area contributed by atoms with Crippen LogP contribution >= 0.6 is 0 Å². The van der Waals surface area contributed by atoms with Gasteiger partial charge >= 0.3 is 12.1 Å². The van der Waals surface area contributed by atoms with Gasteiger partial charge < -0.3 is 10.6 Å². The fourth-order valence-electron chi connectivity index (χ4n) is 2.92. The number of aryl methyl sites for hydroxylation is 1. The number of hydrogen-bond acceptors (Lipinski definition) is 2. The van der Waals surface area contributed by atoms with E-state index >= 15 is 0 Å². The first-order chi connectivity index (χ1) is 10.3. The summed E-state index contributed by atoms with van der Waals surface area (Å²) in [6, 6.07) is 7.33. The molecule has 3 atom stereocenters. The van der Waals surface area contributed by atoms with Crippen LogP contribution in [0.25, 0.3) is 0 Å². The Kier molecular flexibility index (Phi) is 5.11. The van der Waals surface area contributed by atoms with Crippen LogP contribution in [0.1, 0.15) is 36.8 Å². The average molecular weight is 314 g/mol. The summed E-state index contributed by atoms with van der Waals surface area (Å²) in [5.74, 6) is -1.76. The van der Waals surface area contributed by atoms with Crippen LogP contribution in [0.4, 0.5) is 13.2 Å². The predicted molar refractivity (Wildman–Crippen MR) is 78.6 cm³/mol. The molecule has 3 unspecified atom stereocenters. The maximum absolute atomic E-state index is 12.5. The molecule has 0 saturated carbocycles. The highest BCUT2D eigenvalue weighted by molar-refractivity contribution is 5.82. The zero-order chi connectivity index (χ0) is 16.3. The van der Waals surface area contributed by atoms with Crippen LogP contribution in [0, 0.1) is 6.92 Å². The molecule has 0 aliphatic carbocycles. The summed E-state index contributed by atoms with van der Waals surface area (Å²) < 4.78 is 37.4. The van der Waals surface area contributed by atoms with Crippen molar-refractivity contribution in [1.82, 2.24) is 10.6 Å². The molecular weight excluding hydrogens is 293 g/mol. The molecule has 22 heavy (non-hydrogen) atoms. The van der Waals surface area contributed by atoms with E-state index in [-0.39, 0.29) is 12.0 Å². The molecule has 1 aliphatic rings. The Morgan fingerprint density at radius 2 is 1.95 bits per heavy atom. The van der Waals surface area contributed by atoms with Crippen molar-refractivity contribution in [2.45, 2.75) is 50.9 Å².